The molecule has 0 spiro atoms. The van der Waals surface area contributed by atoms with Gasteiger partial charge in [0.05, 0.1) is 0 Å². The number of fused-ring (bicyclic) bond motifs is 1. The van der Waals surface area contributed by atoms with Gasteiger partial charge in [-0.05, 0) is 91.1 Å². The Morgan fingerprint density at radius 2 is 1.77 bits per heavy atom. The minimum atomic E-state index is 0.628. The molecule has 0 radical (unpaired) electrons. The predicted octanol–water partition coefficient (Wildman–Crippen LogP) is 7.27. The Hall–Kier alpha value is -3.46. The van der Waals surface area contributed by atoms with Gasteiger partial charge in [0.1, 0.15) is 5.75 Å². The van der Waals surface area contributed by atoms with E-state index in [1.54, 1.807) is 0 Å². The molecule has 35 heavy (non-hydrogen) atoms. The van der Waals surface area contributed by atoms with Gasteiger partial charge in [-0.25, -0.2) is 0 Å². The Kier molecular flexibility index (Phi) is 7.53. The summed E-state index contributed by atoms with van der Waals surface area (Å²) in [5, 5.41) is 3.53. The van der Waals surface area contributed by atoms with Crippen molar-refractivity contribution in [3.8, 4) is 5.75 Å². The maximum absolute atomic E-state index is 6.10. The average Bonchev–Trinajstić information content (AvgIpc) is 3.19. The van der Waals surface area contributed by atoms with Crippen LogP contribution >= 0.6 is 0 Å². The third-order valence-electron chi connectivity index (χ3n) is 7.00. The monoisotopic (exact) mass is 464 g/mol. The molecule has 2 aliphatic rings. The highest BCUT2D eigenvalue weighted by atomic mass is 16.5. The molecule has 1 N–H and O–H groups in total. The van der Waals surface area contributed by atoms with E-state index in [0.717, 1.165) is 50.9 Å². The molecule has 0 atom stereocenters. The molecule has 3 heteroatoms. The van der Waals surface area contributed by atoms with Crippen LogP contribution < -0.4 is 10.1 Å². The number of hydrogen-bond acceptors (Lipinski definition) is 3. The molecule has 1 aliphatic carbocycles. The number of nitrogens with one attached hydrogen (secondary N) is 1. The first-order valence-electron chi connectivity index (χ1n) is 13.0. The van der Waals surface area contributed by atoms with Crippen LogP contribution in [0.3, 0.4) is 0 Å². The van der Waals surface area contributed by atoms with E-state index in [9.17, 15) is 0 Å². The van der Waals surface area contributed by atoms with E-state index in [-0.39, 0.29) is 0 Å². The molecule has 3 nitrogen and oxygen atoms in total. The Balaban J connectivity index is 1.24. The summed E-state index contributed by atoms with van der Waals surface area (Å²) in [4.78, 5) is 2.35. The first kappa shape index (κ1) is 23.3. The third kappa shape index (κ3) is 5.97. The number of nitrogens with zero attached hydrogens (tertiary/aromatic N) is 1. The second kappa shape index (κ2) is 11.3. The van der Waals surface area contributed by atoms with E-state index in [1.807, 2.05) is 0 Å². The topological polar surface area (TPSA) is 24.5 Å². The average molecular weight is 465 g/mol. The van der Waals surface area contributed by atoms with Crippen LogP contribution in [0.5, 0.6) is 5.75 Å². The van der Waals surface area contributed by atoms with Crippen LogP contribution in [0.15, 0.2) is 90.7 Å². The molecule has 0 saturated heterocycles. The number of para-hydroxylation sites is 1. The van der Waals surface area contributed by atoms with Gasteiger partial charge in [0, 0.05) is 30.0 Å². The molecule has 1 heterocycles. The fourth-order valence-corrected chi connectivity index (χ4v) is 5.06. The highest BCUT2D eigenvalue weighted by Gasteiger charge is 2.19. The standard InChI is InChI=1S/C32H36N2O/c1-2-27-21-25(14-16-28(27)18-19-33-30-10-6-5-7-11-30)20-26-15-17-32-29(22-26)23-34(24-35-32)31-12-8-3-4-9-13-31/h5-8,10-17,21-22,33H,2-4,9,18-20,23-24H2,1H3. The minimum Gasteiger partial charge on any atom is -0.473 e. The van der Waals surface area contributed by atoms with Gasteiger partial charge in [0.2, 0.25) is 0 Å². The van der Waals surface area contributed by atoms with Gasteiger partial charge in [-0.3, -0.25) is 0 Å². The summed E-state index contributed by atoms with van der Waals surface area (Å²) in [5.41, 5.74) is 9.39. The van der Waals surface area contributed by atoms with Crippen LogP contribution in [-0.2, 0) is 25.8 Å². The van der Waals surface area contributed by atoms with E-state index in [1.165, 1.54) is 45.6 Å². The highest BCUT2D eigenvalue weighted by molar-refractivity contribution is 5.44. The number of benzene rings is 3. The molecule has 0 bridgehead atoms. The summed E-state index contributed by atoms with van der Waals surface area (Å²) < 4.78 is 6.10. The van der Waals surface area contributed by atoms with Crippen molar-refractivity contribution < 1.29 is 4.74 Å². The van der Waals surface area contributed by atoms with Crippen LogP contribution in [0.25, 0.3) is 0 Å². The highest BCUT2D eigenvalue weighted by Crippen LogP contribution is 2.30. The number of ether oxygens (including phenoxy) is 1. The zero-order chi connectivity index (χ0) is 23.9. The van der Waals surface area contributed by atoms with E-state index < -0.39 is 0 Å². The summed E-state index contributed by atoms with van der Waals surface area (Å²) in [5.74, 6) is 1.03. The largest absolute Gasteiger partial charge is 0.473 e. The van der Waals surface area contributed by atoms with E-state index in [4.69, 9.17) is 4.74 Å². The summed E-state index contributed by atoms with van der Waals surface area (Å²) in [6, 6.07) is 24.2. The number of aryl methyl sites for hydroxylation is 1. The lowest BCUT2D eigenvalue weighted by Crippen LogP contribution is -2.30. The van der Waals surface area contributed by atoms with E-state index >= 15 is 0 Å². The van der Waals surface area contributed by atoms with Gasteiger partial charge >= 0.3 is 0 Å². The molecule has 0 saturated carbocycles. The molecular weight excluding hydrogens is 428 g/mol. The molecule has 5 rings (SSSR count). The second-order valence-electron chi connectivity index (χ2n) is 9.55. The summed E-state index contributed by atoms with van der Waals surface area (Å²) in [6.07, 6.45) is 13.5. The van der Waals surface area contributed by atoms with Crippen LogP contribution in [0.2, 0.25) is 0 Å². The van der Waals surface area contributed by atoms with Crippen molar-refractivity contribution in [2.45, 2.75) is 52.0 Å². The van der Waals surface area contributed by atoms with Crippen LogP contribution in [-0.4, -0.2) is 18.2 Å². The molecule has 180 valence electrons. The van der Waals surface area contributed by atoms with Crippen molar-refractivity contribution in [2.24, 2.45) is 0 Å². The van der Waals surface area contributed by atoms with Crippen molar-refractivity contribution in [1.29, 1.82) is 0 Å². The second-order valence-corrected chi connectivity index (χ2v) is 9.55. The Morgan fingerprint density at radius 3 is 2.66 bits per heavy atom. The first-order valence-corrected chi connectivity index (χ1v) is 13.0. The van der Waals surface area contributed by atoms with Crippen molar-refractivity contribution in [1.82, 2.24) is 4.90 Å². The van der Waals surface area contributed by atoms with Crippen LogP contribution in [0.1, 0.15) is 54.0 Å². The van der Waals surface area contributed by atoms with E-state index in [0.29, 0.717) is 6.73 Å². The molecule has 0 unspecified atom stereocenters. The molecular formula is C32H36N2O. The smallest absolute Gasteiger partial charge is 0.161 e. The minimum absolute atomic E-state index is 0.628. The number of rotatable bonds is 8. The van der Waals surface area contributed by atoms with Crippen LogP contribution in [0, 0.1) is 0 Å². The van der Waals surface area contributed by atoms with Crippen molar-refractivity contribution in [3.63, 3.8) is 0 Å². The van der Waals surface area contributed by atoms with Gasteiger partial charge in [0.25, 0.3) is 0 Å². The number of hydrogen-bond donors (Lipinski definition) is 1. The maximum Gasteiger partial charge on any atom is 0.161 e. The number of allylic oxidation sites excluding steroid dienone is 3. The van der Waals surface area contributed by atoms with Crippen molar-refractivity contribution in [3.05, 3.63) is 118 Å². The molecule has 0 amide bonds. The summed E-state index contributed by atoms with van der Waals surface area (Å²) >= 11 is 0. The van der Waals surface area contributed by atoms with Crippen molar-refractivity contribution in [2.75, 3.05) is 18.6 Å². The molecule has 3 aromatic rings. The Bertz CT molecular complexity index is 1200. The normalized spacial score (nSPS) is 15.1. The van der Waals surface area contributed by atoms with Crippen LogP contribution in [0.4, 0.5) is 5.69 Å². The molecule has 1 aliphatic heterocycles. The van der Waals surface area contributed by atoms with Gasteiger partial charge in [-0.15, -0.1) is 0 Å². The Morgan fingerprint density at radius 1 is 0.914 bits per heavy atom. The quantitative estimate of drug-likeness (QED) is 0.379. The summed E-state index contributed by atoms with van der Waals surface area (Å²) in [6.45, 7) is 4.74. The fourth-order valence-electron chi connectivity index (χ4n) is 5.06. The maximum atomic E-state index is 6.10. The SMILES string of the molecule is CCc1cc(Cc2ccc3c(c2)CN(C2=CCCCC=C2)CO3)ccc1CCNc1ccccc1. The summed E-state index contributed by atoms with van der Waals surface area (Å²) in [7, 11) is 0. The van der Waals surface area contributed by atoms with Gasteiger partial charge < -0.3 is 15.0 Å². The third-order valence-corrected chi connectivity index (χ3v) is 7.00. The lowest BCUT2D eigenvalue weighted by atomic mass is 9.95. The number of anilines is 1. The first-order chi connectivity index (χ1) is 17.3. The van der Waals surface area contributed by atoms with Crippen molar-refractivity contribution >= 4 is 5.69 Å². The predicted molar refractivity (Wildman–Crippen MR) is 146 cm³/mol. The lowest BCUT2D eigenvalue weighted by molar-refractivity contribution is 0.131. The molecule has 0 aromatic heterocycles. The Labute approximate surface area is 210 Å². The molecule has 3 aromatic carbocycles. The lowest BCUT2D eigenvalue weighted by Gasteiger charge is -2.31. The fraction of sp³-hybridized carbons (Fsp3) is 0.312. The zero-order valence-electron chi connectivity index (χ0n) is 20.8. The molecule has 0 fully saturated rings. The van der Waals surface area contributed by atoms with E-state index in [2.05, 4.69) is 102 Å². The van der Waals surface area contributed by atoms with Gasteiger partial charge in [-0.1, -0.05) is 61.5 Å². The van der Waals surface area contributed by atoms with Gasteiger partial charge in [-0.2, -0.15) is 0 Å². The van der Waals surface area contributed by atoms with Gasteiger partial charge in [0.15, 0.2) is 6.73 Å². The zero-order valence-corrected chi connectivity index (χ0v) is 20.8.